The number of nitrogens with zero attached hydrogens (tertiary/aromatic N) is 2. The molecule has 1 heterocycles. The third-order valence-corrected chi connectivity index (χ3v) is 5.36. The van der Waals surface area contributed by atoms with Crippen molar-refractivity contribution in [2.24, 2.45) is 0 Å². The van der Waals surface area contributed by atoms with Crippen molar-refractivity contribution in [1.29, 1.82) is 0 Å². The maximum atomic E-state index is 12.2. The lowest BCUT2D eigenvalue weighted by Crippen LogP contribution is -2.44. The van der Waals surface area contributed by atoms with Gasteiger partial charge in [-0.15, -0.1) is 0 Å². The number of hydrogen-bond donors (Lipinski definition) is 2. The van der Waals surface area contributed by atoms with Gasteiger partial charge in [-0.2, -0.15) is 0 Å². The summed E-state index contributed by atoms with van der Waals surface area (Å²) in [7, 11) is -3.89. The Morgan fingerprint density at radius 3 is 2.65 bits per heavy atom. The second-order valence-electron chi connectivity index (χ2n) is 5.84. The van der Waals surface area contributed by atoms with Gasteiger partial charge in [0, 0.05) is 37.8 Å². The number of hydrogen-bond acceptors (Lipinski definition) is 7. The molecule has 10 nitrogen and oxygen atoms in total. The smallest absolute Gasteiger partial charge is 0.273 e. The van der Waals surface area contributed by atoms with Crippen LogP contribution in [0, 0.1) is 17.0 Å². The van der Waals surface area contributed by atoms with Gasteiger partial charge in [0.2, 0.25) is 15.9 Å². The van der Waals surface area contributed by atoms with Crippen LogP contribution < -0.4 is 10.0 Å². The zero-order chi connectivity index (χ0) is 19.2. The number of sulfonamides is 1. The summed E-state index contributed by atoms with van der Waals surface area (Å²) in [5, 5.41) is 13.6. The Kier molecular flexibility index (Phi) is 7.03. The van der Waals surface area contributed by atoms with E-state index in [1.54, 1.807) is 0 Å². The lowest BCUT2D eigenvalue weighted by Gasteiger charge is -2.25. The molecule has 1 fully saturated rings. The van der Waals surface area contributed by atoms with Crippen molar-refractivity contribution in [3.63, 3.8) is 0 Å². The Labute approximate surface area is 151 Å². The molecule has 1 aliphatic rings. The minimum absolute atomic E-state index is 0.0150. The SMILES string of the molecule is Cc1ccc(S(=O)(=O)NCCNC(=O)CN2CCOCC2)cc1[N+](=O)[O-]. The third-order valence-electron chi connectivity index (χ3n) is 3.90. The summed E-state index contributed by atoms with van der Waals surface area (Å²) in [6, 6.07) is 3.72. The molecule has 0 aromatic heterocycles. The molecule has 0 saturated carbocycles. The molecular weight excluding hydrogens is 364 g/mol. The molecule has 144 valence electrons. The first-order valence-corrected chi connectivity index (χ1v) is 9.59. The maximum Gasteiger partial charge on any atom is 0.273 e. The van der Waals surface area contributed by atoms with E-state index in [1.807, 2.05) is 4.90 Å². The summed E-state index contributed by atoms with van der Waals surface area (Å²) in [4.78, 5) is 23.9. The Bertz CT molecular complexity index is 761. The fourth-order valence-corrected chi connectivity index (χ4v) is 3.49. The van der Waals surface area contributed by atoms with Crippen LogP contribution in [0.3, 0.4) is 0 Å². The minimum Gasteiger partial charge on any atom is -0.379 e. The van der Waals surface area contributed by atoms with Crippen molar-refractivity contribution in [2.45, 2.75) is 11.8 Å². The van der Waals surface area contributed by atoms with E-state index in [0.717, 1.165) is 6.07 Å². The molecule has 0 spiro atoms. The van der Waals surface area contributed by atoms with Crippen molar-refractivity contribution in [1.82, 2.24) is 14.9 Å². The van der Waals surface area contributed by atoms with Crippen LogP contribution in [0.15, 0.2) is 23.1 Å². The van der Waals surface area contributed by atoms with Crippen LogP contribution in [0.25, 0.3) is 0 Å². The number of benzene rings is 1. The quantitative estimate of drug-likeness (QED) is 0.354. The number of amides is 1. The number of ether oxygens (including phenoxy) is 1. The maximum absolute atomic E-state index is 12.2. The van der Waals surface area contributed by atoms with E-state index in [9.17, 15) is 23.3 Å². The minimum atomic E-state index is -3.89. The van der Waals surface area contributed by atoms with Crippen LogP contribution >= 0.6 is 0 Å². The Morgan fingerprint density at radius 2 is 2.00 bits per heavy atom. The summed E-state index contributed by atoms with van der Waals surface area (Å²) in [6.07, 6.45) is 0. The van der Waals surface area contributed by atoms with E-state index in [1.165, 1.54) is 19.1 Å². The molecule has 26 heavy (non-hydrogen) atoms. The monoisotopic (exact) mass is 386 g/mol. The van der Waals surface area contributed by atoms with Gasteiger partial charge in [-0.3, -0.25) is 19.8 Å². The van der Waals surface area contributed by atoms with Gasteiger partial charge < -0.3 is 10.1 Å². The molecule has 2 rings (SSSR count). The molecule has 1 aromatic rings. The largest absolute Gasteiger partial charge is 0.379 e. The fourth-order valence-electron chi connectivity index (χ4n) is 2.44. The van der Waals surface area contributed by atoms with E-state index < -0.39 is 14.9 Å². The molecular formula is C15H22N4O6S. The number of aryl methyl sites for hydroxylation is 1. The molecule has 1 aliphatic heterocycles. The molecule has 1 saturated heterocycles. The molecule has 0 bridgehead atoms. The molecule has 1 amide bonds. The third kappa shape index (κ3) is 5.73. The molecule has 0 unspecified atom stereocenters. The number of carbonyl (C=O) groups excluding carboxylic acids is 1. The van der Waals surface area contributed by atoms with Crippen LogP contribution in [-0.4, -0.2) is 70.1 Å². The normalized spacial score (nSPS) is 15.6. The summed E-state index contributed by atoms with van der Waals surface area (Å²) in [6.45, 7) is 4.44. The average Bonchev–Trinajstić information content (AvgIpc) is 2.59. The molecule has 0 radical (unpaired) electrons. The number of nitrogens with one attached hydrogen (secondary N) is 2. The second-order valence-corrected chi connectivity index (χ2v) is 7.61. The molecule has 0 aliphatic carbocycles. The van der Waals surface area contributed by atoms with Gasteiger partial charge >= 0.3 is 0 Å². The van der Waals surface area contributed by atoms with Crippen molar-refractivity contribution in [3.8, 4) is 0 Å². The molecule has 0 atom stereocenters. The highest BCUT2D eigenvalue weighted by atomic mass is 32.2. The lowest BCUT2D eigenvalue weighted by atomic mass is 10.2. The number of nitro groups is 1. The van der Waals surface area contributed by atoms with E-state index in [2.05, 4.69) is 10.0 Å². The van der Waals surface area contributed by atoms with E-state index in [4.69, 9.17) is 4.74 Å². The van der Waals surface area contributed by atoms with Gasteiger partial charge in [0.1, 0.15) is 0 Å². The van der Waals surface area contributed by atoms with Gasteiger partial charge in [0.05, 0.1) is 29.6 Å². The topological polar surface area (TPSA) is 131 Å². The fraction of sp³-hybridized carbons (Fsp3) is 0.533. The Balaban J connectivity index is 1.81. The first kappa shape index (κ1) is 20.2. The highest BCUT2D eigenvalue weighted by Crippen LogP contribution is 2.21. The van der Waals surface area contributed by atoms with Gasteiger partial charge in [0.25, 0.3) is 5.69 Å². The number of carbonyl (C=O) groups is 1. The van der Waals surface area contributed by atoms with Gasteiger partial charge in [-0.05, 0) is 13.0 Å². The Morgan fingerprint density at radius 1 is 1.31 bits per heavy atom. The van der Waals surface area contributed by atoms with E-state index in [-0.39, 0.29) is 36.1 Å². The lowest BCUT2D eigenvalue weighted by molar-refractivity contribution is -0.385. The van der Waals surface area contributed by atoms with E-state index in [0.29, 0.717) is 31.9 Å². The second kappa shape index (κ2) is 9.03. The van der Waals surface area contributed by atoms with Gasteiger partial charge in [-0.25, -0.2) is 13.1 Å². The van der Waals surface area contributed by atoms with Crippen LogP contribution in [-0.2, 0) is 19.6 Å². The first-order valence-electron chi connectivity index (χ1n) is 8.11. The standard InChI is InChI=1S/C15H22N4O6S/c1-12-2-3-13(10-14(12)19(21)22)26(23,24)17-5-4-16-15(20)11-18-6-8-25-9-7-18/h2-3,10,17H,4-9,11H2,1H3,(H,16,20). The summed E-state index contributed by atoms with van der Waals surface area (Å²) in [5.74, 6) is -0.197. The first-order chi connectivity index (χ1) is 12.3. The van der Waals surface area contributed by atoms with Crippen LogP contribution in [0.4, 0.5) is 5.69 Å². The summed E-state index contributed by atoms with van der Waals surface area (Å²) < 4.78 is 31.9. The summed E-state index contributed by atoms with van der Waals surface area (Å²) in [5.41, 5.74) is 0.121. The van der Waals surface area contributed by atoms with E-state index >= 15 is 0 Å². The predicted octanol–water partition coefficient (Wildman–Crippen LogP) is -0.370. The molecule has 2 N–H and O–H groups in total. The number of morpholine rings is 1. The summed E-state index contributed by atoms with van der Waals surface area (Å²) >= 11 is 0. The van der Waals surface area contributed by atoms with Crippen molar-refractivity contribution < 1.29 is 22.9 Å². The number of nitro benzene ring substituents is 1. The highest BCUT2D eigenvalue weighted by Gasteiger charge is 2.19. The van der Waals surface area contributed by atoms with Crippen molar-refractivity contribution in [2.75, 3.05) is 45.9 Å². The van der Waals surface area contributed by atoms with Crippen LogP contribution in [0.1, 0.15) is 5.56 Å². The van der Waals surface area contributed by atoms with Gasteiger partial charge in [-0.1, -0.05) is 6.07 Å². The van der Waals surface area contributed by atoms with Crippen LogP contribution in [0.2, 0.25) is 0 Å². The zero-order valence-electron chi connectivity index (χ0n) is 14.4. The average molecular weight is 386 g/mol. The molecule has 11 heteroatoms. The van der Waals surface area contributed by atoms with Crippen LogP contribution in [0.5, 0.6) is 0 Å². The van der Waals surface area contributed by atoms with Gasteiger partial charge in [0.15, 0.2) is 0 Å². The molecule has 1 aromatic carbocycles. The Hall–Kier alpha value is -2.08. The number of rotatable bonds is 8. The zero-order valence-corrected chi connectivity index (χ0v) is 15.3. The van der Waals surface area contributed by atoms with Crippen molar-refractivity contribution in [3.05, 3.63) is 33.9 Å². The predicted molar refractivity (Wildman–Crippen MR) is 93.3 cm³/mol. The van der Waals surface area contributed by atoms with Crippen molar-refractivity contribution >= 4 is 21.6 Å². The highest BCUT2D eigenvalue weighted by molar-refractivity contribution is 7.89.